The number of anilines is 1. The predicted octanol–water partition coefficient (Wildman–Crippen LogP) is 2.42. The van der Waals surface area contributed by atoms with Gasteiger partial charge in [0.15, 0.2) is 0 Å². The van der Waals surface area contributed by atoms with Crippen LogP contribution >= 0.6 is 0 Å². The molecule has 1 unspecified atom stereocenters. The van der Waals surface area contributed by atoms with E-state index in [1.807, 2.05) is 0 Å². The molecule has 4 heteroatoms. The zero-order chi connectivity index (χ0) is 12.5. The van der Waals surface area contributed by atoms with Crippen LogP contribution in [-0.4, -0.2) is 31.0 Å². The molecule has 0 heterocycles. The maximum atomic E-state index is 13.2. The first-order valence-electron chi connectivity index (χ1n) is 5.98. The van der Waals surface area contributed by atoms with Crippen molar-refractivity contribution in [1.29, 1.82) is 0 Å². The quantitative estimate of drug-likeness (QED) is 0.687. The Bertz CT molecular complexity index is 320. The highest BCUT2D eigenvalue weighted by molar-refractivity contribution is 5.44. The number of hydrogen-bond donors (Lipinski definition) is 2. The lowest BCUT2D eigenvalue weighted by Crippen LogP contribution is -2.25. The summed E-state index contributed by atoms with van der Waals surface area (Å²) in [5.41, 5.74) is 0.403. The Morgan fingerprint density at radius 2 is 2.18 bits per heavy atom. The minimum Gasteiger partial charge on any atom is -0.389 e. The molecular formula is C13H20FNO2. The molecule has 0 spiro atoms. The molecule has 0 fully saturated rings. The van der Waals surface area contributed by atoms with Crippen LogP contribution in [0, 0.1) is 5.82 Å². The molecule has 0 bridgehead atoms. The maximum absolute atomic E-state index is 13.2. The number of nitrogens with one attached hydrogen (secondary N) is 1. The largest absolute Gasteiger partial charge is 0.389 e. The number of benzene rings is 1. The second-order valence-corrected chi connectivity index (χ2v) is 3.94. The van der Waals surface area contributed by atoms with Gasteiger partial charge in [-0.1, -0.05) is 25.5 Å². The van der Waals surface area contributed by atoms with E-state index in [0.29, 0.717) is 12.3 Å². The maximum Gasteiger partial charge on any atom is 0.146 e. The average molecular weight is 241 g/mol. The lowest BCUT2D eigenvalue weighted by atomic mass is 10.3. The summed E-state index contributed by atoms with van der Waals surface area (Å²) >= 11 is 0. The van der Waals surface area contributed by atoms with Crippen LogP contribution in [0.3, 0.4) is 0 Å². The van der Waals surface area contributed by atoms with Gasteiger partial charge in [0, 0.05) is 13.2 Å². The molecule has 0 saturated carbocycles. The highest BCUT2D eigenvalue weighted by Crippen LogP contribution is 2.11. The second-order valence-electron chi connectivity index (χ2n) is 3.94. The summed E-state index contributed by atoms with van der Waals surface area (Å²) in [7, 11) is 0. The van der Waals surface area contributed by atoms with Gasteiger partial charge in [0.1, 0.15) is 5.82 Å². The Balaban J connectivity index is 2.19. The van der Waals surface area contributed by atoms with Gasteiger partial charge in [-0.3, -0.25) is 0 Å². The summed E-state index contributed by atoms with van der Waals surface area (Å²) in [5, 5.41) is 12.4. The molecule has 2 N–H and O–H groups in total. The average Bonchev–Trinajstić information content (AvgIpc) is 2.34. The minimum absolute atomic E-state index is 0.279. The smallest absolute Gasteiger partial charge is 0.146 e. The number of ether oxygens (including phenoxy) is 1. The third-order valence-electron chi connectivity index (χ3n) is 2.35. The Morgan fingerprint density at radius 3 is 2.88 bits per heavy atom. The molecule has 0 aliphatic rings. The van der Waals surface area contributed by atoms with E-state index in [1.165, 1.54) is 6.07 Å². The van der Waals surface area contributed by atoms with E-state index in [2.05, 4.69) is 12.2 Å². The zero-order valence-corrected chi connectivity index (χ0v) is 10.2. The lowest BCUT2D eigenvalue weighted by Gasteiger charge is -2.13. The summed E-state index contributed by atoms with van der Waals surface area (Å²) in [6.07, 6.45) is 1.45. The summed E-state index contributed by atoms with van der Waals surface area (Å²) < 4.78 is 18.5. The second kappa shape index (κ2) is 8.03. The number of aliphatic hydroxyl groups is 1. The zero-order valence-electron chi connectivity index (χ0n) is 10.2. The molecule has 0 aliphatic heterocycles. The van der Waals surface area contributed by atoms with Gasteiger partial charge < -0.3 is 15.2 Å². The van der Waals surface area contributed by atoms with E-state index in [1.54, 1.807) is 18.2 Å². The van der Waals surface area contributed by atoms with Crippen molar-refractivity contribution in [2.24, 2.45) is 0 Å². The molecule has 96 valence electrons. The first-order chi connectivity index (χ1) is 8.24. The third kappa shape index (κ3) is 5.65. The van der Waals surface area contributed by atoms with Crippen LogP contribution in [0.15, 0.2) is 24.3 Å². The van der Waals surface area contributed by atoms with Gasteiger partial charge in [0.25, 0.3) is 0 Å². The number of para-hydroxylation sites is 1. The molecule has 1 rings (SSSR count). The van der Waals surface area contributed by atoms with Gasteiger partial charge in [-0.2, -0.15) is 0 Å². The molecule has 0 saturated heterocycles. The summed E-state index contributed by atoms with van der Waals surface area (Å²) in [6, 6.07) is 6.40. The fourth-order valence-corrected chi connectivity index (χ4v) is 1.36. The monoisotopic (exact) mass is 241 g/mol. The standard InChI is InChI=1S/C13H20FNO2/c1-2-3-8-17-10-11(16)9-15-13-7-5-4-6-12(13)14/h4-7,11,15-16H,2-3,8-10H2,1H3. The topological polar surface area (TPSA) is 41.5 Å². The third-order valence-corrected chi connectivity index (χ3v) is 2.35. The normalized spacial score (nSPS) is 12.4. The molecular weight excluding hydrogens is 221 g/mol. The Hall–Kier alpha value is -1.13. The number of hydrogen-bond acceptors (Lipinski definition) is 3. The van der Waals surface area contributed by atoms with Crippen LogP contribution in [0.4, 0.5) is 10.1 Å². The van der Waals surface area contributed by atoms with E-state index < -0.39 is 6.10 Å². The molecule has 0 amide bonds. The van der Waals surface area contributed by atoms with E-state index in [0.717, 1.165) is 12.8 Å². The Kier molecular flexibility index (Phi) is 6.58. The summed E-state index contributed by atoms with van der Waals surface area (Å²) in [6.45, 7) is 3.31. The van der Waals surface area contributed by atoms with E-state index >= 15 is 0 Å². The van der Waals surface area contributed by atoms with Crippen molar-refractivity contribution in [3.05, 3.63) is 30.1 Å². The number of aliphatic hydroxyl groups excluding tert-OH is 1. The van der Waals surface area contributed by atoms with Crippen molar-refractivity contribution < 1.29 is 14.2 Å². The van der Waals surface area contributed by atoms with Crippen molar-refractivity contribution in [2.75, 3.05) is 25.1 Å². The van der Waals surface area contributed by atoms with Crippen molar-refractivity contribution in [3.63, 3.8) is 0 Å². The lowest BCUT2D eigenvalue weighted by molar-refractivity contribution is 0.0421. The van der Waals surface area contributed by atoms with Crippen LogP contribution in [0.25, 0.3) is 0 Å². The van der Waals surface area contributed by atoms with E-state index in [-0.39, 0.29) is 19.0 Å². The highest BCUT2D eigenvalue weighted by Gasteiger charge is 2.05. The molecule has 0 radical (unpaired) electrons. The van der Waals surface area contributed by atoms with Crippen LogP contribution in [0.1, 0.15) is 19.8 Å². The fourth-order valence-electron chi connectivity index (χ4n) is 1.36. The molecule has 1 aromatic carbocycles. The van der Waals surface area contributed by atoms with Gasteiger partial charge in [-0.05, 0) is 18.6 Å². The molecule has 1 atom stereocenters. The molecule has 17 heavy (non-hydrogen) atoms. The van der Waals surface area contributed by atoms with Crippen molar-refractivity contribution >= 4 is 5.69 Å². The van der Waals surface area contributed by atoms with Gasteiger partial charge in [-0.25, -0.2) is 4.39 Å². The van der Waals surface area contributed by atoms with Crippen molar-refractivity contribution in [1.82, 2.24) is 0 Å². The van der Waals surface area contributed by atoms with Crippen molar-refractivity contribution in [2.45, 2.75) is 25.9 Å². The minimum atomic E-state index is -0.619. The number of halogens is 1. The molecule has 0 aromatic heterocycles. The van der Waals surface area contributed by atoms with Crippen LogP contribution in [-0.2, 0) is 4.74 Å². The van der Waals surface area contributed by atoms with Gasteiger partial charge in [0.05, 0.1) is 18.4 Å². The van der Waals surface area contributed by atoms with Gasteiger partial charge in [0.2, 0.25) is 0 Å². The Labute approximate surface area is 102 Å². The van der Waals surface area contributed by atoms with E-state index in [9.17, 15) is 9.50 Å². The van der Waals surface area contributed by atoms with Crippen molar-refractivity contribution in [3.8, 4) is 0 Å². The summed E-state index contributed by atoms with van der Waals surface area (Å²) in [5.74, 6) is -0.313. The first kappa shape index (κ1) is 13.9. The molecule has 1 aromatic rings. The fraction of sp³-hybridized carbons (Fsp3) is 0.538. The van der Waals surface area contributed by atoms with Crippen LogP contribution in [0.2, 0.25) is 0 Å². The highest BCUT2D eigenvalue weighted by atomic mass is 19.1. The van der Waals surface area contributed by atoms with Gasteiger partial charge >= 0.3 is 0 Å². The van der Waals surface area contributed by atoms with E-state index in [4.69, 9.17) is 4.74 Å². The number of unbranched alkanes of at least 4 members (excludes halogenated alkanes) is 1. The Morgan fingerprint density at radius 1 is 1.41 bits per heavy atom. The van der Waals surface area contributed by atoms with Crippen LogP contribution < -0.4 is 5.32 Å². The predicted molar refractivity (Wildman–Crippen MR) is 66.6 cm³/mol. The SMILES string of the molecule is CCCCOCC(O)CNc1ccccc1F. The molecule has 3 nitrogen and oxygen atoms in total. The van der Waals surface area contributed by atoms with Crippen LogP contribution in [0.5, 0.6) is 0 Å². The summed E-state index contributed by atoms with van der Waals surface area (Å²) in [4.78, 5) is 0. The number of rotatable bonds is 8. The van der Waals surface area contributed by atoms with Gasteiger partial charge in [-0.15, -0.1) is 0 Å². The molecule has 0 aliphatic carbocycles. The first-order valence-corrected chi connectivity index (χ1v) is 5.98.